The maximum atomic E-state index is 6.03. The number of aliphatic imine (C=N–C) groups is 1. The first-order valence-electron chi connectivity index (χ1n) is 8.75. The Morgan fingerprint density at radius 3 is 2.05 bits per heavy atom. The summed E-state index contributed by atoms with van der Waals surface area (Å²) in [7, 11) is 0. The minimum atomic E-state index is 0.248. The first-order valence-corrected chi connectivity index (χ1v) is 8.75. The highest BCUT2D eigenvalue weighted by molar-refractivity contribution is 5.79. The molecule has 2 nitrogen and oxygen atoms in total. The Morgan fingerprint density at radius 2 is 1.55 bits per heavy atom. The van der Waals surface area contributed by atoms with Gasteiger partial charge in [0.2, 0.25) is 0 Å². The average molecular weight is 279 g/mol. The van der Waals surface area contributed by atoms with Gasteiger partial charge in [0.1, 0.15) is 0 Å². The summed E-state index contributed by atoms with van der Waals surface area (Å²) in [6.07, 6.45) is 13.0. The van der Waals surface area contributed by atoms with Gasteiger partial charge in [0, 0.05) is 12.0 Å². The maximum absolute atomic E-state index is 6.03. The van der Waals surface area contributed by atoms with E-state index in [0.29, 0.717) is 17.4 Å². The van der Waals surface area contributed by atoms with Crippen LogP contribution >= 0.6 is 0 Å². The lowest BCUT2D eigenvalue weighted by Crippen LogP contribution is -2.34. The van der Waals surface area contributed by atoms with E-state index in [1.54, 1.807) is 0 Å². The smallest absolute Gasteiger partial charge is 0.186 e. The second-order valence-electron chi connectivity index (χ2n) is 7.56. The highest BCUT2D eigenvalue weighted by atomic mass is 16.5. The van der Waals surface area contributed by atoms with Crippen LogP contribution in [0.2, 0.25) is 0 Å². The Bertz CT molecular complexity index is 316. The molecule has 0 amide bonds. The molecule has 1 spiro atoms. The van der Waals surface area contributed by atoms with Crippen molar-refractivity contribution in [1.82, 2.24) is 0 Å². The third-order valence-corrected chi connectivity index (χ3v) is 5.05. The van der Waals surface area contributed by atoms with E-state index in [1.807, 2.05) is 0 Å². The summed E-state index contributed by atoms with van der Waals surface area (Å²) >= 11 is 0. The lowest BCUT2D eigenvalue weighted by molar-refractivity contribution is 0.101. The van der Waals surface area contributed by atoms with Crippen molar-refractivity contribution in [2.45, 2.75) is 97.6 Å². The molecule has 2 fully saturated rings. The maximum Gasteiger partial charge on any atom is 0.186 e. The van der Waals surface area contributed by atoms with Gasteiger partial charge in [-0.25, -0.2) is 0 Å². The monoisotopic (exact) mass is 279 g/mol. The molecule has 0 heterocycles. The van der Waals surface area contributed by atoms with Crippen molar-refractivity contribution < 1.29 is 4.74 Å². The molecular formula is C18H33NO. The Hall–Kier alpha value is -0.530. The molecule has 0 unspecified atom stereocenters. The van der Waals surface area contributed by atoms with Crippen molar-refractivity contribution in [3.8, 4) is 0 Å². The second kappa shape index (κ2) is 6.95. The van der Waals surface area contributed by atoms with Gasteiger partial charge >= 0.3 is 0 Å². The molecule has 116 valence electrons. The van der Waals surface area contributed by atoms with E-state index < -0.39 is 0 Å². The molecule has 2 rings (SSSR count). The van der Waals surface area contributed by atoms with Crippen LogP contribution in [0.25, 0.3) is 0 Å². The summed E-state index contributed by atoms with van der Waals surface area (Å²) in [5, 5.41) is 0. The average Bonchev–Trinajstić information content (AvgIpc) is 2.39. The Balaban J connectivity index is 1.96. The van der Waals surface area contributed by atoms with E-state index in [9.17, 15) is 0 Å². The zero-order valence-electron chi connectivity index (χ0n) is 14.0. The van der Waals surface area contributed by atoms with Crippen LogP contribution in [0.4, 0.5) is 0 Å². The largest absolute Gasteiger partial charge is 0.478 e. The minimum Gasteiger partial charge on any atom is -0.478 e. The third-order valence-electron chi connectivity index (χ3n) is 5.05. The van der Waals surface area contributed by atoms with Gasteiger partial charge < -0.3 is 4.74 Å². The van der Waals surface area contributed by atoms with Gasteiger partial charge in [0.25, 0.3) is 0 Å². The molecule has 0 aromatic heterocycles. The first kappa shape index (κ1) is 15.9. The Labute approximate surface area is 125 Å². The topological polar surface area (TPSA) is 21.6 Å². The van der Waals surface area contributed by atoms with E-state index in [1.165, 1.54) is 57.8 Å². The summed E-state index contributed by atoms with van der Waals surface area (Å²) in [5.74, 6) is 1.62. The Kier molecular flexibility index (Phi) is 5.51. The molecule has 0 bridgehead atoms. The molecule has 2 aliphatic rings. The number of nitrogens with zero attached hydrogens (tertiary/aromatic N) is 1. The van der Waals surface area contributed by atoms with Crippen LogP contribution in [0.3, 0.4) is 0 Å². The molecule has 2 saturated carbocycles. The SMILES string of the molecule is CC(C)N=C(OC(C)C)C1CCC2(CCCCC2)CC1. The van der Waals surface area contributed by atoms with Crippen LogP contribution in [0.1, 0.15) is 85.5 Å². The van der Waals surface area contributed by atoms with Crippen LogP contribution < -0.4 is 0 Å². The summed E-state index contributed by atoms with van der Waals surface area (Å²) < 4.78 is 6.03. The minimum absolute atomic E-state index is 0.248. The first-order chi connectivity index (χ1) is 9.51. The quantitative estimate of drug-likeness (QED) is 0.503. The van der Waals surface area contributed by atoms with Crippen LogP contribution in [0.15, 0.2) is 4.99 Å². The molecule has 0 radical (unpaired) electrons. The molecule has 0 N–H and O–H groups in total. The fraction of sp³-hybridized carbons (Fsp3) is 0.944. The number of rotatable bonds is 3. The molecule has 0 aromatic carbocycles. The summed E-state index contributed by atoms with van der Waals surface area (Å²) in [4.78, 5) is 4.77. The second-order valence-corrected chi connectivity index (χ2v) is 7.56. The fourth-order valence-electron chi connectivity index (χ4n) is 4.01. The van der Waals surface area contributed by atoms with Crippen LogP contribution in [0.5, 0.6) is 0 Å². The van der Waals surface area contributed by atoms with Crippen molar-refractivity contribution in [2.75, 3.05) is 0 Å². The molecular weight excluding hydrogens is 246 g/mol. The van der Waals surface area contributed by atoms with E-state index in [0.717, 1.165) is 5.90 Å². The summed E-state index contributed by atoms with van der Waals surface area (Å²) in [6, 6.07) is 0.342. The number of ether oxygens (including phenoxy) is 1. The van der Waals surface area contributed by atoms with Crippen LogP contribution in [-0.2, 0) is 4.74 Å². The van der Waals surface area contributed by atoms with Crippen molar-refractivity contribution >= 4 is 5.90 Å². The fourth-order valence-corrected chi connectivity index (χ4v) is 4.01. The summed E-state index contributed by atoms with van der Waals surface area (Å²) in [6.45, 7) is 8.52. The van der Waals surface area contributed by atoms with Gasteiger partial charge in [-0.05, 0) is 71.6 Å². The van der Waals surface area contributed by atoms with Gasteiger partial charge in [-0.1, -0.05) is 19.3 Å². The van der Waals surface area contributed by atoms with Crippen molar-refractivity contribution in [3.05, 3.63) is 0 Å². The van der Waals surface area contributed by atoms with Gasteiger partial charge in [-0.15, -0.1) is 0 Å². The normalized spacial score (nSPS) is 24.6. The van der Waals surface area contributed by atoms with E-state index >= 15 is 0 Å². The number of hydrogen-bond acceptors (Lipinski definition) is 2. The van der Waals surface area contributed by atoms with Crippen LogP contribution in [0, 0.1) is 11.3 Å². The lowest BCUT2D eigenvalue weighted by Gasteiger charge is -2.43. The standard InChI is InChI=1S/C18H33NO/c1-14(2)19-17(20-15(3)4)16-8-12-18(13-9-16)10-6-5-7-11-18/h14-16H,5-13H2,1-4H3. The highest BCUT2D eigenvalue weighted by Crippen LogP contribution is 2.49. The van der Waals surface area contributed by atoms with E-state index in [2.05, 4.69) is 27.7 Å². The molecule has 0 atom stereocenters. The number of hydrogen-bond donors (Lipinski definition) is 0. The molecule has 0 aliphatic heterocycles. The van der Waals surface area contributed by atoms with Gasteiger partial charge in [-0.2, -0.15) is 0 Å². The molecule has 2 aliphatic carbocycles. The summed E-state index contributed by atoms with van der Waals surface area (Å²) in [5.41, 5.74) is 0.690. The molecule has 2 heteroatoms. The highest BCUT2D eigenvalue weighted by Gasteiger charge is 2.38. The predicted octanol–water partition coefficient (Wildman–Crippen LogP) is 5.36. The van der Waals surface area contributed by atoms with Crippen LogP contribution in [-0.4, -0.2) is 18.0 Å². The lowest BCUT2D eigenvalue weighted by atomic mass is 9.63. The van der Waals surface area contributed by atoms with Gasteiger partial charge in [0.15, 0.2) is 5.90 Å². The molecule has 0 aromatic rings. The Morgan fingerprint density at radius 1 is 0.950 bits per heavy atom. The predicted molar refractivity (Wildman–Crippen MR) is 86.3 cm³/mol. The zero-order chi connectivity index (χ0) is 14.6. The van der Waals surface area contributed by atoms with Crippen molar-refractivity contribution in [2.24, 2.45) is 16.3 Å². The molecule has 0 saturated heterocycles. The van der Waals surface area contributed by atoms with E-state index in [4.69, 9.17) is 9.73 Å². The zero-order valence-corrected chi connectivity index (χ0v) is 14.0. The third kappa shape index (κ3) is 4.23. The van der Waals surface area contributed by atoms with E-state index in [-0.39, 0.29) is 6.10 Å². The van der Waals surface area contributed by atoms with Gasteiger partial charge in [-0.3, -0.25) is 4.99 Å². The van der Waals surface area contributed by atoms with Crippen molar-refractivity contribution in [1.29, 1.82) is 0 Å². The molecule has 20 heavy (non-hydrogen) atoms. The van der Waals surface area contributed by atoms with Crippen molar-refractivity contribution in [3.63, 3.8) is 0 Å². The van der Waals surface area contributed by atoms with Gasteiger partial charge in [0.05, 0.1) is 6.10 Å².